The predicted molar refractivity (Wildman–Crippen MR) is 55.9 cm³/mol. The van der Waals surface area contributed by atoms with Crippen LogP contribution in [0.3, 0.4) is 0 Å². The summed E-state index contributed by atoms with van der Waals surface area (Å²) in [5.41, 5.74) is 0. The molecule has 1 saturated heterocycles. The monoisotopic (exact) mass is 182 g/mol. The minimum absolute atomic E-state index is 0.872. The number of nitrogens with one attached hydrogen (secondary N) is 2. The molecule has 2 fully saturated rings. The molecule has 2 heteroatoms. The van der Waals surface area contributed by atoms with E-state index in [0.29, 0.717) is 0 Å². The Labute approximate surface area is 81.5 Å². The minimum atomic E-state index is 0.872. The molecule has 2 nitrogen and oxygen atoms in total. The zero-order valence-electron chi connectivity index (χ0n) is 8.52. The van der Waals surface area contributed by atoms with Crippen LogP contribution in [0.15, 0.2) is 0 Å². The summed E-state index contributed by atoms with van der Waals surface area (Å²) in [6.07, 6.45) is 8.49. The van der Waals surface area contributed by atoms with Crippen molar-refractivity contribution in [1.82, 2.24) is 10.6 Å². The van der Waals surface area contributed by atoms with Gasteiger partial charge >= 0.3 is 0 Å². The Balaban J connectivity index is 1.50. The highest BCUT2D eigenvalue weighted by molar-refractivity contribution is 4.77. The van der Waals surface area contributed by atoms with E-state index in [1.54, 1.807) is 0 Å². The van der Waals surface area contributed by atoms with Crippen molar-refractivity contribution < 1.29 is 0 Å². The minimum Gasteiger partial charge on any atom is -0.316 e. The van der Waals surface area contributed by atoms with Gasteiger partial charge in [0.05, 0.1) is 0 Å². The summed E-state index contributed by atoms with van der Waals surface area (Å²) in [5.74, 6) is 0.946. The van der Waals surface area contributed by atoms with Crippen molar-refractivity contribution >= 4 is 0 Å². The SMILES string of the molecule is C1CNCC(CCNC2CCC2)C1. The Hall–Kier alpha value is -0.0800. The average molecular weight is 182 g/mol. The van der Waals surface area contributed by atoms with Gasteiger partial charge in [0.15, 0.2) is 0 Å². The second-order valence-electron chi connectivity index (χ2n) is 4.58. The van der Waals surface area contributed by atoms with Crippen LogP contribution in [-0.4, -0.2) is 25.7 Å². The molecule has 2 aliphatic rings. The largest absolute Gasteiger partial charge is 0.316 e. The van der Waals surface area contributed by atoms with E-state index in [1.807, 2.05) is 0 Å². The van der Waals surface area contributed by atoms with Crippen molar-refractivity contribution in [3.05, 3.63) is 0 Å². The summed E-state index contributed by atoms with van der Waals surface area (Å²) >= 11 is 0. The van der Waals surface area contributed by atoms with Crippen LogP contribution in [0.2, 0.25) is 0 Å². The Morgan fingerprint density at radius 1 is 1.15 bits per heavy atom. The van der Waals surface area contributed by atoms with Crippen molar-refractivity contribution in [3.8, 4) is 0 Å². The van der Waals surface area contributed by atoms with Crippen LogP contribution in [0.5, 0.6) is 0 Å². The fraction of sp³-hybridized carbons (Fsp3) is 1.00. The van der Waals surface area contributed by atoms with Gasteiger partial charge in [-0.05, 0) is 57.7 Å². The van der Waals surface area contributed by atoms with Crippen LogP contribution >= 0.6 is 0 Å². The molecule has 0 bridgehead atoms. The lowest BCUT2D eigenvalue weighted by Crippen LogP contribution is -2.38. The molecule has 1 aliphatic heterocycles. The van der Waals surface area contributed by atoms with Gasteiger partial charge in [-0.2, -0.15) is 0 Å². The summed E-state index contributed by atoms with van der Waals surface area (Å²) in [7, 11) is 0. The van der Waals surface area contributed by atoms with Gasteiger partial charge in [-0.25, -0.2) is 0 Å². The topological polar surface area (TPSA) is 24.1 Å². The first-order valence-electron chi connectivity index (χ1n) is 5.89. The third-order valence-corrected chi connectivity index (χ3v) is 3.49. The maximum Gasteiger partial charge on any atom is 0.00670 e. The molecule has 1 atom stereocenters. The fourth-order valence-corrected chi connectivity index (χ4v) is 2.27. The summed E-state index contributed by atoms with van der Waals surface area (Å²) in [4.78, 5) is 0. The van der Waals surface area contributed by atoms with Crippen LogP contribution in [0.25, 0.3) is 0 Å². The standard InChI is InChI=1S/C11H22N2/c1-4-11(5-1)13-8-6-10-3-2-7-12-9-10/h10-13H,1-9H2. The molecule has 1 saturated carbocycles. The Bertz CT molecular complexity index is 137. The van der Waals surface area contributed by atoms with E-state index in [1.165, 1.54) is 58.2 Å². The summed E-state index contributed by atoms with van der Waals surface area (Å²) in [6.45, 7) is 3.75. The molecule has 76 valence electrons. The van der Waals surface area contributed by atoms with Crippen molar-refractivity contribution in [3.63, 3.8) is 0 Å². The summed E-state index contributed by atoms with van der Waals surface area (Å²) in [6, 6.07) is 0.872. The van der Waals surface area contributed by atoms with E-state index in [-0.39, 0.29) is 0 Å². The highest BCUT2D eigenvalue weighted by atomic mass is 14.9. The number of piperidine rings is 1. The van der Waals surface area contributed by atoms with Crippen LogP contribution in [0.4, 0.5) is 0 Å². The molecule has 0 aromatic carbocycles. The molecule has 0 aromatic heterocycles. The zero-order valence-corrected chi connectivity index (χ0v) is 8.52. The van der Waals surface area contributed by atoms with Crippen LogP contribution in [0, 0.1) is 5.92 Å². The molecule has 2 N–H and O–H groups in total. The Morgan fingerprint density at radius 3 is 2.69 bits per heavy atom. The zero-order chi connectivity index (χ0) is 8.93. The number of hydrogen-bond acceptors (Lipinski definition) is 2. The van der Waals surface area contributed by atoms with E-state index >= 15 is 0 Å². The molecular formula is C11H22N2. The molecule has 0 spiro atoms. The van der Waals surface area contributed by atoms with E-state index in [2.05, 4.69) is 10.6 Å². The smallest absolute Gasteiger partial charge is 0.00670 e. The highest BCUT2D eigenvalue weighted by Crippen LogP contribution is 2.19. The Kier molecular flexibility index (Phi) is 3.62. The first-order valence-corrected chi connectivity index (χ1v) is 5.89. The normalized spacial score (nSPS) is 30.0. The van der Waals surface area contributed by atoms with Crippen molar-refractivity contribution in [2.45, 2.75) is 44.6 Å². The second kappa shape index (κ2) is 4.97. The van der Waals surface area contributed by atoms with Gasteiger partial charge in [-0.15, -0.1) is 0 Å². The van der Waals surface area contributed by atoms with Crippen LogP contribution < -0.4 is 10.6 Å². The van der Waals surface area contributed by atoms with Crippen LogP contribution in [-0.2, 0) is 0 Å². The maximum absolute atomic E-state index is 3.64. The van der Waals surface area contributed by atoms with E-state index in [0.717, 1.165) is 12.0 Å². The number of hydrogen-bond donors (Lipinski definition) is 2. The fourth-order valence-electron chi connectivity index (χ4n) is 2.27. The molecule has 0 amide bonds. The van der Waals surface area contributed by atoms with Gasteiger partial charge in [-0.3, -0.25) is 0 Å². The maximum atomic E-state index is 3.64. The molecule has 0 aromatic rings. The molecule has 1 aliphatic carbocycles. The van der Waals surface area contributed by atoms with Gasteiger partial charge in [-0.1, -0.05) is 6.42 Å². The molecule has 13 heavy (non-hydrogen) atoms. The third kappa shape index (κ3) is 2.96. The quantitative estimate of drug-likeness (QED) is 0.689. The average Bonchev–Trinajstić information content (AvgIpc) is 2.11. The van der Waals surface area contributed by atoms with Gasteiger partial charge in [0.25, 0.3) is 0 Å². The second-order valence-corrected chi connectivity index (χ2v) is 4.58. The van der Waals surface area contributed by atoms with E-state index < -0.39 is 0 Å². The van der Waals surface area contributed by atoms with Crippen LogP contribution in [0.1, 0.15) is 38.5 Å². The molecular weight excluding hydrogens is 160 g/mol. The van der Waals surface area contributed by atoms with E-state index in [9.17, 15) is 0 Å². The lowest BCUT2D eigenvalue weighted by molar-refractivity contribution is 0.305. The molecule has 1 unspecified atom stereocenters. The first-order chi connectivity index (χ1) is 6.45. The summed E-state index contributed by atoms with van der Waals surface area (Å²) in [5, 5.41) is 7.11. The number of rotatable bonds is 4. The third-order valence-electron chi connectivity index (χ3n) is 3.49. The highest BCUT2D eigenvalue weighted by Gasteiger charge is 2.17. The van der Waals surface area contributed by atoms with Crippen molar-refractivity contribution in [2.75, 3.05) is 19.6 Å². The van der Waals surface area contributed by atoms with E-state index in [4.69, 9.17) is 0 Å². The van der Waals surface area contributed by atoms with Gasteiger partial charge in [0.1, 0.15) is 0 Å². The van der Waals surface area contributed by atoms with Gasteiger partial charge in [0, 0.05) is 6.04 Å². The lowest BCUT2D eigenvalue weighted by atomic mass is 9.92. The summed E-state index contributed by atoms with van der Waals surface area (Å²) < 4.78 is 0. The molecule has 1 heterocycles. The molecule has 2 rings (SSSR count). The van der Waals surface area contributed by atoms with Crippen molar-refractivity contribution in [2.24, 2.45) is 5.92 Å². The van der Waals surface area contributed by atoms with Gasteiger partial charge < -0.3 is 10.6 Å². The molecule has 0 radical (unpaired) electrons. The lowest BCUT2D eigenvalue weighted by Gasteiger charge is -2.28. The van der Waals surface area contributed by atoms with Crippen molar-refractivity contribution in [1.29, 1.82) is 0 Å². The van der Waals surface area contributed by atoms with Gasteiger partial charge in [0.2, 0.25) is 0 Å². The Morgan fingerprint density at radius 2 is 2.08 bits per heavy atom. The predicted octanol–water partition coefficient (Wildman–Crippen LogP) is 1.52. The first kappa shape index (κ1) is 9.47.